The van der Waals surface area contributed by atoms with Crippen LogP contribution in [0.2, 0.25) is 0 Å². The van der Waals surface area contributed by atoms with E-state index in [-0.39, 0.29) is 0 Å². The number of rotatable bonds is 7. The van der Waals surface area contributed by atoms with E-state index in [0.29, 0.717) is 17.8 Å². The van der Waals surface area contributed by atoms with Gasteiger partial charge >= 0.3 is 5.97 Å². The van der Waals surface area contributed by atoms with Crippen molar-refractivity contribution in [3.63, 3.8) is 0 Å². The molecule has 0 saturated heterocycles. The van der Waals surface area contributed by atoms with E-state index in [1.807, 2.05) is 30.3 Å². The Morgan fingerprint density at radius 1 is 1.11 bits per heavy atom. The van der Waals surface area contributed by atoms with Crippen LogP contribution in [0.1, 0.15) is 39.3 Å². The molecule has 0 aromatic heterocycles. The Balaban J connectivity index is 2.73. The normalized spacial score (nSPS) is 13.2. The summed E-state index contributed by atoms with van der Waals surface area (Å²) < 4.78 is 0. The Kier molecular flexibility index (Phi) is 6.03. The van der Waals surface area contributed by atoms with Gasteiger partial charge in [0.25, 0.3) is 0 Å². The lowest BCUT2D eigenvalue weighted by atomic mass is 9.85. The number of nitrogens with one attached hydrogen (secondary N) is 1. The highest BCUT2D eigenvalue weighted by Gasteiger charge is 2.23. The molecule has 0 saturated carbocycles. The van der Waals surface area contributed by atoms with Crippen LogP contribution in [0.15, 0.2) is 30.3 Å². The van der Waals surface area contributed by atoms with Crippen molar-refractivity contribution in [2.24, 2.45) is 17.8 Å². The van der Waals surface area contributed by atoms with Crippen molar-refractivity contribution in [3.8, 4) is 0 Å². The smallest absolute Gasteiger partial charge is 0.325 e. The van der Waals surface area contributed by atoms with E-state index in [4.69, 9.17) is 0 Å². The van der Waals surface area contributed by atoms with E-state index >= 15 is 0 Å². The van der Waals surface area contributed by atoms with Crippen LogP contribution in [0.25, 0.3) is 0 Å². The number of hydrogen-bond donors (Lipinski definition) is 2. The first-order chi connectivity index (χ1) is 8.93. The van der Waals surface area contributed by atoms with E-state index in [1.54, 1.807) is 0 Å². The number of carboxylic acid groups (broad SMARTS) is 1. The van der Waals surface area contributed by atoms with E-state index in [1.165, 1.54) is 0 Å². The summed E-state index contributed by atoms with van der Waals surface area (Å²) in [5.74, 6) is 0.735. The van der Waals surface area contributed by atoms with Crippen LogP contribution in [-0.2, 0) is 4.79 Å². The maximum absolute atomic E-state index is 11.4. The minimum atomic E-state index is -0.822. The molecule has 3 heteroatoms. The topological polar surface area (TPSA) is 49.3 Å². The zero-order chi connectivity index (χ0) is 14.4. The molecule has 0 spiro atoms. The van der Waals surface area contributed by atoms with Gasteiger partial charge < -0.3 is 10.4 Å². The molecule has 19 heavy (non-hydrogen) atoms. The van der Waals surface area contributed by atoms with Gasteiger partial charge in [0.05, 0.1) is 0 Å². The van der Waals surface area contributed by atoms with Gasteiger partial charge in [-0.2, -0.15) is 0 Å². The summed E-state index contributed by atoms with van der Waals surface area (Å²) in [6, 6.07) is 8.72. The van der Waals surface area contributed by atoms with Crippen LogP contribution >= 0.6 is 0 Å². The molecule has 0 amide bonds. The van der Waals surface area contributed by atoms with E-state index in [2.05, 4.69) is 33.0 Å². The number of carbonyl (C=O) groups is 1. The maximum Gasteiger partial charge on any atom is 0.325 e. The molecule has 106 valence electrons. The predicted octanol–water partition coefficient (Wildman–Crippen LogP) is 3.33. The van der Waals surface area contributed by atoms with Crippen LogP contribution in [-0.4, -0.2) is 17.6 Å². The molecule has 0 radical (unpaired) electrons. The minimum Gasteiger partial charge on any atom is -0.480 e. The van der Waals surface area contributed by atoms with Gasteiger partial charge in [0, 0.05) is 0 Å². The molecule has 0 heterocycles. The Labute approximate surface area is 116 Å². The standard InChI is InChI=1S/C16H25NO2/c1-11(2)14(12(3)4)10-17-15(16(18)19)13-8-6-5-7-9-13/h5-9,11-12,14-15,17H,10H2,1-4H3,(H,18,19)/t15-/m1/s1. The monoisotopic (exact) mass is 263 g/mol. The molecule has 0 fully saturated rings. The summed E-state index contributed by atoms with van der Waals surface area (Å²) in [7, 11) is 0. The lowest BCUT2D eigenvalue weighted by molar-refractivity contribution is -0.139. The van der Waals surface area contributed by atoms with Gasteiger partial charge in [0.1, 0.15) is 6.04 Å². The second-order valence-electron chi connectivity index (χ2n) is 5.74. The second-order valence-corrected chi connectivity index (χ2v) is 5.74. The quantitative estimate of drug-likeness (QED) is 0.793. The molecule has 3 nitrogen and oxygen atoms in total. The number of carboxylic acids is 1. The first-order valence-electron chi connectivity index (χ1n) is 6.94. The van der Waals surface area contributed by atoms with Crippen molar-refractivity contribution in [1.82, 2.24) is 5.32 Å². The third-order valence-electron chi connectivity index (χ3n) is 3.65. The van der Waals surface area contributed by atoms with Crippen molar-refractivity contribution < 1.29 is 9.90 Å². The number of hydrogen-bond acceptors (Lipinski definition) is 2. The molecule has 1 aromatic carbocycles. The van der Waals surface area contributed by atoms with Crippen LogP contribution < -0.4 is 5.32 Å². The summed E-state index contributed by atoms with van der Waals surface area (Å²) in [4.78, 5) is 11.4. The van der Waals surface area contributed by atoms with Gasteiger partial charge in [-0.3, -0.25) is 4.79 Å². The van der Waals surface area contributed by atoms with Gasteiger partial charge in [0.15, 0.2) is 0 Å². The summed E-state index contributed by atoms with van der Waals surface area (Å²) in [5.41, 5.74) is 0.807. The van der Waals surface area contributed by atoms with Crippen molar-refractivity contribution in [2.75, 3.05) is 6.54 Å². The minimum absolute atomic E-state index is 0.477. The van der Waals surface area contributed by atoms with Crippen molar-refractivity contribution in [1.29, 1.82) is 0 Å². The molecule has 1 rings (SSSR count). The van der Waals surface area contributed by atoms with Gasteiger partial charge in [0.2, 0.25) is 0 Å². The van der Waals surface area contributed by atoms with Crippen LogP contribution in [0.4, 0.5) is 0 Å². The molecule has 1 atom stereocenters. The predicted molar refractivity (Wildman–Crippen MR) is 78.0 cm³/mol. The lowest BCUT2D eigenvalue weighted by Crippen LogP contribution is -2.35. The van der Waals surface area contributed by atoms with Crippen LogP contribution in [0, 0.1) is 17.8 Å². The molecule has 0 aliphatic heterocycles. The second kappa shape index (κ2) is 7.29. The van der Waals surface area contributed by atoms with Crippen molar-refractivity contribution in [3.05, 3.63) is 35.9 Å². The Morgan fingerprint density at radius 2 is 1.63 bits per heavy atom. The zero-order valence-electron chi connectivity index (χ0n) is 12.3. The van der Waals surface area contributed by atoms with Gasteiger partial charge in [-0.15, -0.1) is 0 Å². The van der Waals surface area contributed by atoms with Crippen LogP contribution in [0.5, 0.6) is 0 Å². The van der Waals surface area contributed by atoms with E-state index < -0.39 is 12.0 Å². The lowest BCUT2D eigenvalue weighted by Gasteiger charge is -2.27. The maximum atomic E-state index is 11.4. The largest absolute Gasteiger partial charge is 0.480 e. The zero-order valence-corrected chi connectivity index (χ0v) is 12.3. The average molecular weight is 263 g/mol. The molecule has 0 aliphatic carbocycles. The van der Waals surface area contributed by atoms with E-state index in [9.17, 15) is 9.90 Å². The molecule has 0 aliphatic rings. The fourth-order valence-corrected chi connectivity index (χ4v) is 2.49. The fraction of sp³-hybridized carbons (Fsp3) is 0.562. The Morgan fingerprint density at radius 3 is 2.05 bits per heavy atom. The fourth-order valence-electron chi connectivity index (χ4n) is 2.49. The van der Waals surface area contributed by atoms with Gasteiger partial charge in [-0.05, 0) is 29.9 Å². The highest BCUT2D eigenvalue weighted by Crippen LogP contribution is 2.21. The summed E-state index contributed by atoms with van der Waals surface area (Å²) in [5, 5.41) is 12.6. The highest BCUT2D eigenvalue weighted by atomic mass is 16.4. The molecular formula is C16H25NO2. The Bertz CT molecular complexity index is 379. The first kappa shape index (κ1) is 15.7. The third-order valence-corrected chi connectivity index (χ3v) is 3.65. The molecular weight excluding hydrogens is 238 g/mol. The first-order valence-corrected chi connectivity index (χ1v) is 6.94. The molecule has 2 N–H and O–H groups in total. The molecule has 1 aromatic rings. The highest BCUT2D eigenvalue weighted by molar-refractivity contribution is 5.75. The molecule has 0 bridgehead atoms. The van der Waals surface area contributed by atoms with Gasteiger partial charge in [-0.1, -0.05) is 58.0 Å². The summed E-state index contributed by atoms with van der Waals surface area (Å²) in [6.45, 7) is 9.46. The van der Waals surface area contributed by atoms with E-state index in [0.717, 1.165) is 12.1 Å². The average Bonchev–Trinajstić information content (AvgIpc) is 2.34. The Hall–Kier alpha value is -1.35. The van der Waals surface area contributed by atoms with Crippen molar-refractivity contribution in [2.45, 2.75) is 33.7 Å². The number of benzene rings is 1. The van der Waals surface area contributed by atoms with Crippen molar-refractivity contribution >= 4 is 5.97 Å². The summed E-state index contributed by atoms with van der Waals surface area (Å²) >= 11 is 0. The SMILES string of the molecule is CC(C)C(CN[C@@H](C(=O)O)c1ccccc1)C(C)C. The molecule has 0 unspecified atom stereocenters. The summed E-state index contributed by atoms with van der Waals surface area (Å²) in [6.07, 6.45) is 0. The van der Waals surface area contributed by atoms with Crippen LogP contribution in [0.3, 0.4) is 0 Å². The van der Waals surface area contributed by atoms with Gasteiger partial charge in [-0.25, -0.2) is 0 Å². The number of aliphatic carboxylic acids is 1. The third kappa shape index (κ3) is 4.67.